The number of rotatable bonds is 3. The number of hydrogen-bond acceptors (Lipinski definition) is 3. The van der Waals surface area contributed by atoms with E-state index in [-0.39, 0.29) is 11.6 Å². The van der Waals surface area contributed by atoms with Crippen LogP contribution in [0.2, 0.25) is 0 Å². The third-order valence-electron chi connectivity index (χ3n) is 3.88. The van der Waals surface area contributed by atoms with Gasteiger partial charge in [0, 0.05) is 40.2 Å². The molecule has 0 fully saturated rings. The fourth-order valence-corrected chi connectivity index (χ4v) is 3.00. The molecular weight excluding hydrogens is 378 g/mol. The second kappa shape index (κ2) is 7.64. The molecule has 26 heavy (non-hydrogen) atoms. The predicted octanol–water partition coefficient (Wildman–Crippen LogP) is 5.61. The zero-order valence-corrected chi connectivity index (χ0v) is 14.8. The highest BCUT2D eigenvalue weighted by Crippen LogP contribution is 2.37. The monoisotopic (exact) mass is 390 g/mol. The van der Waals surface area contributed by atoms with Gasteiger partial charge in [0.05, 0.1) is 0 Å². The standard InChI is InChI=1S/C19H13Cl2FN2O2/c20-24(21)19(23-26)16-6-3-5-14(12-8-10-13(25)11-9-12)18(16)15-4-1-2-7-17(15)22/h1-11,25-26H. The Balaban J connectivity index is 2.36. The highest BCUT2D eigenvalue weighted by molar-refractivity contribution is 6.44. The minimum absolute atomic E-state index is 0.114. The minimum Gasteiger partial charge on any atom is -0.508 e. The molecule has 0 aliphatic rings. The SMILES string of the molecule is ON=C(c1cccc(-c2ccc(O)cc2)c1-c1ccccc1F)N(Cl)Cl. The first-order chi connectivity index (χ1) is 12.5. The highest BCUT2D eigenvalue weighted by atomic mass is 35.5. The fraction of sp³-hybridized carbons (Fsp3) is 0. The van der Waals surface area contributed by atoms with E-state index < -0.39 is 5.82 Å². The number of nitrogens with zero attached hydrogens (tertiary/aromatic N) is 2. The van der Waals surface area contributed by atoms with Crippen molar-refractivity contribution < 1.29 is 14.7 Å². The first-order valence-electron chi connectivity index (χ1n) is 7.54. The summed E-state index contributed by atoms with van der Waals surface area (Å²) in [7, 11) is 0. The van der Waals surface area contributed by atoms with Gasteiger partial charge in [0.25, 0.3) is 0 Å². The summed E-state index contributed by atoms with van der Waals surface area (Å²) in [6.45, 7) is 0. The van der Waals surface area contributed by atoms with Gasteiger partial charge in [-0.05, 0) is 29.3 Å². The lowest BCUT2D eigenvalue weighted by Gasteiger charge is -2.18. The Morgan fingerprint density at radius 1 is 0.885 bits per heavy atom. The van der Waals surface area contributed by atoms with E-state index in [1.54, 1.807) is 48.5 Å². The summed E-state index contributed by atoms with van der Waals surface area (Å²) in [4.78, 5) is 0. The van der Waals surface area contributed by atoms with Gasteiger partial charge < -0.3 is 10.3 Å². The van der Waals surface area contributed by atoms with Crippen LogP contribution < -0.4 is 0 Å². The molecule has 0 bridgehead atoms. The first-order valence-corrected chi connectivity index (χ1v) is 8.22. The molecule has 0 aliphatic carbocycles. The summed E-state index contributed by atoms with van der Waals surface area (Å²) in [6.07, 6.45) is 0. The van der Waals surface area contributed by atoms with Gasteiger partial charge >= 0.3 is 0 Å². The summed E-state index contributed by atoms with van der Waals surface area (Å²) >= 11 is 11.6. The van der Waals surface area contributed by atoms with Crippen molar-refractivity contribution in [2.24, 2.45) is 5.16 Å². The van der Waals surface area contributed by atoms with Crippen molar-refractivity contribution in [2.45, 2.75) is 0 Å². The second-order valence-electron chi connectivity index (χ2n) is 5.41. The minimum atomic E-state index is -0.451. The van der Waals surface area contributed by atoms with Crippen LogP contribution in [0.5, 0.6) is 5.75 Å². The summed E-state index contributed by atoms with van der Waals surface area (Å²) in [6, 6.07) is 17.8. The Kier molecular flexibility index (Phi) is 5.30. The molecule has 0 saturated carbocycles. The molecule has 4 nitrogen and oxygen atoms in total. The number of amidine groups is 1. The van der Waals surface area contributed by atoms with E-state index in [2.05, 4.69) is 5.16 Å². The zero-order valence-electron chi connectivity index (χ0n) is 13.3. The maximum Gasteiger partial charge on any atom is 0.205 e. The zero-order chi connectivity index (χ0) is 18.7. The first kappa shape index (κ1) is 18.0. The average Bonchev–Trinajstić information content (AvgIpc) is 2.63. The number of benzene rings is 3. The van der Waals surface area contributed by atoms with Gasteiger partial charge in [-0.1, -0.05) is 53.7 Å². The second-order valence-corrected chi connectivity index (χ2v) is 6.26. The molecule has 0 atom stereocenters. The number of hydrogen-bond donors (Lipinski definition) is 2. The Labute approximate surface area is 159 Å². The van der Waals surface area contributed by atoms with Gasteiger partial charge in [-0.2, -0.15) is 3.94 Å². The number of aromatic hydroxyl groups is 1. The van der Waals surface area contributed by atoms with Gasteiger partial charge in [0.15, 0.2) is 0 Å². The molecule has 3 aromatic carbocycles. The number of phenols is 1. The van der Waals surface area contributed by atoms with E-state index in [4.69, 9.17) is 23.6 Å². The number of oxime groups is 1. The molecule has 0 aliphatic heterocycles. The van der Waals surface area contributed by atoms with Crippen LogP contribution in [0.4, 0.5) is 4.39 Å². The van der Waals surface area contributed by atoms with Gasteiger partial charge in [-0.3, -0.25) is 0 Å². The molecule has 2 N–H and O–H groups in total. The Hall–Kier alpha value is -2.76. The van der Waals surface area contributed by atoms with Crippen LogP contribution in [0.3, 0.4) is 0 Å². The smallest absolute Gasteiger partial charge is 0.205 e. The van der Waals surface area contributed by atoms with Crippen LogP contribution in [0, 0.1) is 5.82 Å². The van der Waals surface area contributed by atoms with E-state index >= 15 is 0 Å². The lowest BCUT2D eigenvalue weighted by Crippen LogP contribution is -2.15. The number of phenolic OH excluding ortho intramolecular Hbond substituents is 1. The highest BCUT2D eigenvalue weighted by Gasteiger charge is 2.21. The van der Waals surface area contributed by atoms with Gasteiger partial charge in [0.1, 0.15) is 11.6 Å². The lowest BCUT2D eigenvalue weighted by atomic mass is 9.90. The molecule has 0 amide bonds. The molecule has 0 unspecified atom stereocenters. The predicted molar refractivity (Wildman–Crippen MR) is 101 cm³/mol. The molecule has 0 heterocycles. The maximum absolute atomic E-state index is 14.6. The maximum atomic E-state index is 14.6. The molecule has 3 aromatic rings. The van der Waals surface area contributed by atoms with Gasteiger partial charge in [-0.15, -0.1) is 0 Å². The summed E-state index contributed by atoms with van der Waals surface area (Å²) in [5.74, 6) is -0.483. The van der Waals surface area contributed by atoms with Crippen molar-refractivity contribution in [3.63, 3.8) is 0 Å². The third-order valence-corrected chi connectivity index (χ3v) is 4.20. The van der Waals surface area contributed by atoms with Crippen molar-refractivity contribution >= 4 is 29.4 Å². The van der Waals surface area contributed by atoms with Crippen molar-refractivity contribution in [1.29, 1.82) is 0 Å². The topological polar surface area (TPSA) is 56.1 Å². The molecular formula is C19H13Cl2FN2O2. The van der Waals surface area contributed by atoms with Gasteiger partial charge in [-0.25, -0.2) is 4.39 Å². The normalized spacial score (nSPS) is 11.4. The van der Waals surface area contributed by atoms with Crippen molar-refractivity contribution in [2.75, 3.05) is 0 Å². The quantitative estimate of drug-likeness (QED) is 0.201. The largest absolute Gasteiger partial charge is 0.508 e. The Morgan fingerprint density at radius 3 is 2.15 bits per heavy atom. The van der Waals surface area contributed by atoms with Crippen LogP contribution in [0.1, 0.15) is 5.56 Å². The van der Waals surface area contributed by atoms with Crippen molar-refractivity contribution in [1.82, 2.24) is 3.94 Å². The summed E-state index contributed by atoms with van der Waals surface area (Å²) in [5.41, 5.74) is 2.48. The number of halogens is 3. The summed E-state index contributed by atoms with van der Waals surface area (Å²) < 4.78 is 15.2. The summed E-state index contributed by atoms with van der Waals surface area (Å²) in [5, 5.41) is 22.0. The molecule has 0 spiro atoms. The van der Waals surface area contributed by atoms with E-state index in [0.29, 0.717) is 26.2 Å². The van der Waals surface area contributed by atoms with E-state index in [9.17, 15) is 14.7 Å². The van der Waals surface area contributed by atoms with Crippen LogP contribution in [0.15, 0.2) is 71.9 Å². The van der Waals surface area contributed by atoms with Crippen LogP contribution in [-0.2, 0) is 0 Å². The fourth-order valence-electron chi connectivity index (χ4n) is 2.75. The average molecular weight is 391 g/mol. The van der Waals surface area contributed by atoms with Crippen molar-refractivity contribution in [3.8, 4) is 28.0 Å². The molecule has 0 radical (unpaired) electrons. The Morgan fingerprint density at radius 2 is 1.54 bits per heavy atom. The lowest BCUT2D eigenvalue weighted by molar-refractivity contribution is 0.316. The third kappa shape index (κ3) is 3.45. The molecule has 0 saturated heterocycles. The van der Waals surface area contributed by atoms with E-state index in [1.165, 1.54) is 18.2 Å². The van der Waals surface area contributed by atoms with Crippen LogP contribution in [-0.4, -0.2) is 20.1 Å². The van der Waals surface area contributed by atoms with E-state index in [0.717, 1.165) is 5.56 Å². The van der Waals surface area contributed by atoms with Crippen LogP contribution >= 0.6 is 23.6 Å². The molecule has 7 heteroatoms. The molecule has 0 aromatic heterocycles. The molecule has 132 valence electrons. The molecule has 3 rings (SSSR count). The Bertz CT molecular complexity index is 960. The van der Waals surface area contributed by atoms with E-state index in [1.807, 2.05) is 0 Å². The van der Waals surface area contributed by atoms with Crippen LogP contribution in [0.25, 0.3) is 22.3 Å². The van der Waals surface area contributed by atoms with Crippen molar-refractivity contribution in [3.05, 3.63) is 78.1 Å². The van der Waals surface area contributed by atoms with Gasteiger partial charge in [0.2, 0.25) is 5.84 Å².